The summed E-state index contributed by atoms with van der Waals surface area (Å²) >= 11 is 0. The second kappa shape index (κ2) is 6.25. The maximum Gasteiger partial charge on any atom is 0.161 e. The highest BCUT2D eigenvalue weighted by Crippen LogP contribution is 2.38. The van der Waals surface area contributed by atoms with E-state index in [2.05, 4.69) is 41.7 Å². The molecule has 1 aromatic heterocycles. The number of phenols is 1. The summed E-state index contributed by atoms with van der Waals surface area (Å²) in [5, 5.41) is 17.2. The average Bonchev–Trinajstić information content (AvgIpc) is 2.73. The summed E-state index contributed by atoms with van der Waals surface area (Å²) in [5.41, 5.74) is 5.53. The molecule has 0 bridgehead atoms. The van der Waals surface area contributed by atoms with E-state index in [0.717, 1.165) is 36.3 Å². The lowest BCUT2D eigenvalue weighted by Gasteiger charge is -2.23. The van der Waals surface area contributed by atoms with Gasteiger partial charge in [0.05, 0.1) is 18.3 Å². The zero-order valence-electron chi connectivity index (χ0n) is 15.1. The van der Waals surface area contributed by atoms with Crippen LogP contribution in [-0.2, 0) is 13.0 Å². The van der Waals surface area contributed by atoms with Gasteiger partial charge < -0.3 is 15.2 Å². The highest BCUT2D eigenvalue weighted by Gasteiger charge is 2.21. The second-order valence-electron chi connectivity index (χ2n) is 6.91. The molecule has 1 aliphatic rings. The van der Waals surface area contributed by atoms with Gasteiger partial charge in [-0.05, 0) is 59.1 Å². The van der Waals surface area contributed by atoms with Crippen LogP contribution in [0.3, 0.4) is 0 Å². The quantitative estimate of drug-likeness (QED) is 0.522. The van der Waals surface area contributed by atoms with Crippen molar-refractivity contribution >= 4 is 21.7 Å². The SMILES string of the molecule is COc1cc(-c2nc3ccc4ccccc4c3c3c2CNCC3)ccc1O. The van der Waals surface area contributed by atoms with Crippen LogP contribution >= 0.6 is 0 Å². The van der Waals surface area contributed by atoms with E-state index in [0.29, 0.717) is 5.75 Å². The van der Waals surface area contributed by atoms with Crippen molar-refractivity contribution in [2.24, 2.45) is 0 Å². The lowest BCUT2D eigenvalue weighted by atomic mass is 9.90. The van der Waals surface area contributed by atoms with Crippen molar-refractivity contribution in [1.82, 2.24) is 10.3 Å². The highest BCUT2D eigenvalue weighted by molar-refractivity contribution is 6.09. The number of hydrogen-bond acceptors (Lipinski definition) is 4. The van der Waals surface area contributed by atoms with Crippen molar-refractivity contribution in [3.8, 4) is 22.8 Å². The van der Waals surface area contributed by atoms with Crippen molar-refractivity contribution in [1.29, 1.82) is 0 Å². The maximum absolute atomic E-state index is 9.95. The highest BCUT2D eigenvalue weighted by atomic mass is 16.5. The summed E-state index contributed by atoms with van der Waals surface area (Å²) in [6, 6.07) is 18.2. The van der Waals surface area contributed by atoms with Crippen LogP contribution in [0.1, 0.15) is 11.1 Å². The maximum atomic E-state index is 9.95. The molecule has 0 fully saturated rings. The van der Waals surface area contributed by atoms with E-state index in [1.165, 1.54) is 27.3 Å². The van der Waals surface area contributed by atoms with E-state index in [9.17, 15) is 5.11 Å². The van der Waals surface area contributed by atoms with Crippen LogP contribution in [0.25, 0.3) is 32.9 Å². The molecule has 1 aliphatic heterocycles. The topological polar surface area (TPSA) is 54.4 Å². The van der Waals surface area contributed by atoms with Gasteiger partial charge in [0.25, 0.3) is 0 Å². The minimum atomic E-state index is 0.139. The number of aromatic hydroxyl groups is 1. The molecular formula is C23H20N2O2. The molecule has 2 heterocycles. The minimum absolute atomic E-state index is 0.139. The fourth-order valence-corrected chi connectivity index (χ4v) is 4.11. The van der Waals surface area contributed by atoms with E-state index >= 15 is 0 Å². The molecule has 4 heteroatoms. The van der Waals surface area contributed by atoms with Gasteiger partial charge >= 0.3 is 0 Å². The standard InChI is InChI=1S/C23H20N2O2/c1-27-21-12-15(7-9-20(21)26)23-18-13-24-11-10-17(18)22-16-5-3-2-4-14(16)6-8-19(22)25-23/h2-9,12,24,26H,10-11,13H2,1H3. The van der Waals surface area contributed by atoms with Crippen molar-refractivity contribution in [2.75, 3.05) is 13.7 Å². The van der Waals surface area contributed by atoms with Crippen LogP contribution in [0.5, 0.6) is 11.5 Å². The van der Waals surface area contributed by atoms with Crippen LogP contribution in [0.15, 0.2) is 54.6 Å². The summed E-state index contributed by atoms with van der Waals surface area (Å²) in [6.45, 7) is 1.76. The third-order valence-electron chi connectivity index (χ3n) is 5.40. The molecule has 0 radical (unpaired) electrons. The lowest BCUT2D eigenvalue weighted by Crippen LogP contribution is -2.25. The Morgan fingerprint density at radius 3 is 2.81 bits per heavy atom. The molecular weight excluding hydrogens is 336 g/mol. The predicted molar refractivity (Wildman–Crippen MR) is 108 cm³/mol. The van der Waals surface area contributed by atoms with E-state index in [-0.39, 0.29) is 5.75 Å². The van der Waals surface area contributed by atoms with Crippen LogP contribution in [0, 0.1) is 0 Å². The third kappa shape index (κ3) is 2.53. The molecule has 0 aliphatic carbocycles. The lowest BCUT2D eigenvalue weighted by molar-refractivity contribution is 0.373. The zero-order valence-corrected chi connectivity index (χ0v) is 15.1. The van der Waals surface area contributed by atoms with Crippen molar-refractivity contribution in [3.63, 3.8) is 0 Å². The van der Waals surface area contributed by atoms with Crippen molar-refractivity contribution < 1.29 is 9.84 Å². The number of nitrogens with one attached hydrogen (secondary N) is 1. The summed E-state index contributed by atoms with van der Waals surface area (Å²) in [5.74, 6) is 0.602. The monoisotopic (exact) mass is 356 g/mol. The van der Waals surface area contributed by atoms with Gasteiger partial charge in [-0.15, -0.1) is 0 Å². The van der Waals surface area contributed by atoms with Gasteiger partial charge in [0.15, 0.2) is 11.5 Å². The number of phenolic OH excluding ortho intramolecular Hbond substituents is 1. The van der Waals surface area contributed by atoms with E-state index in [1.807, 2.05) is 12.1 Å². The molecule has 3 aromatic carbocycles. The molecule has 0 saturated heterocycles. The number of hydrogen-bond donors (Lipinski definition) is 2. The molecule has 4 aromatic rings. The fraction of sp³-hybridized carbons (Fsp3) is 0.174. The predicted octanol–water partition coefficient (Wildman–Crippen LogP) is 4.41. The summed E-state index contributed by atoms with van der Waals surface area (Å²) < 4.78 is 5.30. The van der Waals surface area contributed by atoms with Crippen LogP contribution in [-0.4, -0.2) is 23.7 Å². The Bertz CT molecular complexity index is 1180. The minimum Gasteiger partial charge on any atom is -0.504 e. The van der Waals surface area contributed by atoms with E-state index < -0.39 is 0 Å². The van der Waals surface area contributed by atoms with Crippen LogP contribution in [0.2, 0.25) is 0 Å². The van der Waals surface area contributed by atoms with Gasteiger partial charge in [-0.3, -0.25) is 0 Å². The van der Waals surface area contributed by atoms with E-state index in [1.54, 1.807) is 13.2 Å². The first-order valence-corrected chi connectivity index (χ1v) is 9.17. The smallest absolute Gasteiger partial charge is 0.161 e. The molecule has 0 saturated carbocycles. The molecule has 0 amide bonds. The number of aromatic nitrogens is 1. The van der Waals surface area contributed by atoms with Gasteiger partial charge in [0.2, 0.25) is 0 Å². The number of benzene rings is 3. The molecule has 0 unspecified atom stereocenters. The molecule has 5 rings (SSSR count). The van der Waals surface area contributed by atoms with Crippen LogP contribution in [0.4, 0.5) is 0 Å². The second-order valence-corrected chi connectivity index (χ2v) is 6.91. The summed E-state index contributed by atoms with van der Waals surface area (Å²) in [4.78, 5) is 5.04. The average molecular weight is 356 g/mol. The van der Waals surface area contributed by atoms with E-state index in [4.69, 9.17) is 9.72 Å². The Morgan fingerprint density at radius 2 is 1.93 bits per heavy atom. The third-order valence-corrected chi connectivity index (χ3v) is 5.40. The first-order valence-electron chi connectivity index (χ1n) is 9.17. The molecule has 2 N–H and O–H groups in total. The molecule has 0 spiro atoms. The van der Waals surface area contributed by atoms with Gasteiger partial charge in [-0.2, -0.15) is 0 Å². The van der Waals surface area contributed by atoms with Gasteiger partial charge in [0.1, 0.15) is 0 Å². The number of methoxy groups -OCH3 is 1. The first-order chi connectivity index (χ1) is 13.3. The largest absolute Gasteiger partial charge is 0.504 e. The number of pyridine rings is 1. The Labute approximate surface area is 157 Å². The number of ether oxygens (including phenoxy) is 1. The summed E-state index contributed by atoms with van der Waals surface area (Å²) in [6.07, 6.45) is 0.977. The number of nitrogens with zero attached hydrogens (tertiary/aromatic N) is 1. The molecule has 27 heavy (non-hydrogen) atoms. The zero-order chi connectivity index (χ0) is 18.4. The fourth-order valence-electron chi connectivity index (χ4n) is 4.11. The van der Waals surface area contributed by atoms with Gasteiger partial charge in [-0.1, -0.05) is 30.3 Å². The summed E-state index contributed by atoms with van der Waals surface area (Å²) in [7, 11) is 1.57. The number of fused-ring (bicyclic) bond motifs is 5. The Kier molecular flexibility index (Phi) is 3.73. The van der Waals surface area contributed by atoms with Gasteiger partial charge in [-0.25, -0.2) is 4.98 Å². The number of rotatable bonds is 2. The first kappa shape index (κ1) is 16.1. The Balaban J connectivity index is 1.85. The molecule has 134 valence electrons. The van der Waals surface area contributed by atoms with Crippen molar-refractivity contribution in [2.45, 2.75) is 13.0 Å². The van der Waals surface area contributed by atoms with Crippen LogP contribution < -0.4 is 10.1 Å². The normalized spacial score (nSPS) is 13.7. The molecule has 4 nitrogen and oxygen atoms in total. The van der Waals surface area contributed by atoms with Gasteiger partial charge in [0, 0.05) is 17.5 Å². The molecule has 0 atom stereocenters. The van der Waals surface area contributed by atoms with Crippen molar-refractivity contribution in [3.05, 3.63) is 65.7 Å². The Hall–Kier alpha value is -3.11. The Morgan fingerprint density at radius 1 is 1.04 bits per heavy atom.